The first-order valence-electron chi connectivity index (χ1n) is 11.4. The zero-order chi connectivity index (χ0) is 20.8. The molecule has 3 heterocycles. The highest BCUT2D eigenvalue weighted by Crippen LogP contribution is 2.52. The molecule has 1 spiro atoms. The van der Waals surface area contributed by atoms with E-state index in [9.17, 15) is 0 Å². The van der Waals surface area contributed by atoms with E-state index in [0.717, 1.165) is 35.3 Å². The predicted octanol–water partition coefficient (Wildman–Crippen LogP) is 5.50. The summed E-state index contributed by atoms with van der Waals surface area (Å²) in [6, 6.07) is 15.0. The van der Waals surface area contributed by atoms with Crippen molar-refractivity contribution in [1.82, 2.24) is 9.88 Å². The number of ether oxygens (including phenoxy) is 2. The Hall–Kier alpha value is -2.79. The van der Waals surface area contributed by atoms with Crippen LogP contribution in [0.15, 0.2) is 53.1 Å². The Labute approximate surface area is 183 Å². The molecule has 2 aromatic carbocycles. The Kier molecular flexibility index (Phi) is 4.53. The molecule has 31 heavy (non-hydrogen) atoms. The molecule has 0 radical (unpaired) electrons. The van der Waals surface area contributed by atoms with Gasteiger partial charge in [-0.15, -0.1) is 0 Å². The van der Waals surface area contributed by atoms with Gasteiger partial charge >= 0.3 is 0 Å². The third kappa shape index (κ3) is 3.23. The second-order valence-electron chi connectivity index (χ2n) is 9.14. The van der Waals surface area contributed by atoms with Crippen LogP contribution in [0.2, 0.25) is 0 Å². The van der Waals surface area contributed by atoms with Gasteiger partial charge in [-0.1, -0.05) is 43.2 Å². The molecule has 160 valence electrons. The quantitative estimate of drug-likeness (QED) is 0.564. The van der Waals surface area contributed by atoms with Crippen LogP contribution >= 0.6 is 0 Å². The molecule has 0 bridgehead atoms. The van der Waals surface area contributed by atoms with Crippen molar-refractivity contribution in [2.24, 2.45) is 0 Å². The highest BCUT2D eigenvalue weighted by molar-refractivity contribution is 5.56. The molecule has 3 aromatic rings. The van der Waals surface area contributed by atoms with E-state index in [2.05, 4.69) is 41.1 Å². The number of aromatic nitrogens is 1. The van der Waals surface area contributed by atoms with Gasteiger partial charge in [0.2, 0.25) is 5.89 Å². The molecular weight excluding hydrogens is 388 g/mol. The van der Waals surface area contributed by atoms with E-state index in [0.29, 0.717) is 19.8 Å². The molecule has 1 aliphatic carbocycles. The summed E-state index contributed by atoms with van der Waals surface area (Å²) >= 11 is 0. The van der Waals surface area contributed by atoms with Crippen LogP contribution in [-0.2, 0) is 12.0 Å². The van der Waals surface area contributed by atoms with E-state index in [-0.39, 0.29) is 11.5 Å². The molecule has 1 atom stereocenters. The normalized spacial score (nSPS) is 21.9. The maximum absolute atomic E-state index is 6.15. The van der Waals surface area contributed by atoms with Crippen LogP contribution in [0, 0.1) is 0 Å². The number of hydrogen-bond donors (Lipinski definition) is 0. The number of fused-ring (bicyclic) bond motifs is 3. The minimum absolute atomic E-state index is 0.187. The van der Waals surface area contributed by atoms with Crippen molar-refractivity contribution in [3.8, 4) is 22.8 Å². The van der Waals surface area contributed by atoms with Crippen molar-refractivity contribution in [2.45, 2.75) is 50.6 Å². The molecule has 5 heteroatoms. The first kappa shape index (κ1) is 18.9. The summed E-state index contributed by atoms with van der Waals surface area (Å²) in [4.78, 5) is 7.14. The van der Waals surface area contributed by atoms with Crippen LogP contribution < -0.4 is 9.47 Å². The fraction of sp³-hybridized carbons (Fsp3) is 0.423. The van der Waals surface area contributed by atoms with Gasteiger partial charge in [-0.3, -0.25) is 4.90 Å². The number of rotatable bonds is 3. The number of benzene rings is 2. The molecule has 3 aliphatic rings. The van der Waals surface area contributed by atoms with Crippen molar-refractivity contribution >= 4 is 0 Å². The molecule has 6 rings (SSSR count). The summed E-state index contributed by atoms with van der Waals surface area (Å²) < 4.78 is 18.0. The lowest BCUT2D eigenvalue weighted by Gasteiger charge is -2.46. The summed E-state index contributed by atoms with van der Waals surface area (Å²) in [5.41, 5.74) is 4.09. The number of nitrogens with zero attached hydrogens (tertiary/aromatic N) is 2. The Morgan fingerprint density at radius 1 is 1.03 bits per heavy atom. The Morgan fingerprint density at radius 2 is 1.77 bits per heavy atom. The van der Waals surface area contributed by atoms with Crippen LogP contribution in [0.1, 0.15) is 55.7 Å². The van der Waals surface area contributed by atoms with Gasteiger partial charge in [0.1, 0.15) is 13.2 Å². The van der Waals surface area contributed by atoms with E-state index >= 15 is 0 Å². The zero-order valence-electron chi connectivity index (χ0n) is 18.0. The predicted molar refractivity (Wildman–Crippen MR) is 118 cm³/mol. The minimum Gasteiger partial charge on any atom is -0.486 e. The van der Waals surface area contributed by atoms with Gasteiger partial charge in [-0.05, 0) is 43.0 Å². The van der Waals surface area contributed by atoms with E-state index in [1.54, 1.807) is 0 Å². The topological polar surface area (TPSA) is 47.7 Å². The van der Waals surface area contributed by atoms with Crippen LogP contribution in [-0.4, -0.2) is 29.6 Å². The maximum atomic E-state index is 6.15. The van der Waals surface area contributed by atoms with Gasteiger partial charge in [0.25, 0.3) is 0 Å². The molecule has 1 fully saturated rings. The van der Waals surface area contributed by atoms with Gasteiger partial charge in [0, 0.05) is 23.6 Å². The van der Waals surface area contributed by atoms with Crippen LogP contribution in [0.5, 0.6) is 11.5 Å². The lowest BCUT2D eigenvalue weighted by atomic mass is 9.71. The Bertz CT molecular complexity index is 1090. The van der Waals surface area contributed by atoms with E-state index in [4.69, 9.17) is 13.9 Å². The third-order valence-electron chi connectivity index (χ3n) is 7.30. The summed E-state index contributed by atoms with van der Waals surface area (Å²) in [6.07, 6.45) is 6.87. The molecule has 0 N–H and O–H groups in total. The highest BCUT2D eigenvalue weighted by atomic mass is 16.6. The molecule has 1 unspecified atom stereocenters. The monoisotopic (exact) mass is 416 g/mol. The van der Waals surface area contributed by atoms with Crippen molar-refractivity contribution in [3.63, 3.8) is 0 Å². The van der Waals surface area contributed by atoms with Crippen molar-refractivity contribution in [3.05, 3.63) is 65.7 Å². The maximum Gasteiger partial charge on any atom is 0.209 e. The van der Waals surface area contributed by atoms with Crippen molar-refractivity contribution < 1.29 is 13.9 Å². The van der Waals surface area contributed by atoms with Crippen molar-refractivity contribution in [1.29, 1.82) is 0 Å². The molecule has 0 saturated heterocycles. The van der Waals surface area contributed by atoms with Crippen molar-refractivity contribution in [2.75, 3.05) is 19.8 Å². The van der Waals surface area contributed by atoms with E-state index < -0.39 is 0 Å². The molecule has 1 aromatic heterocycles. The summed E-state index contributed by atoms with van der Waals surface area (Å²) in [7, 11) is 0. The van der Waals surface area contributed by atoms with Gasteiger partial charge in [-0.2, -0.15) is 0 Å². The molecule has 1 saturated carbocycles. The number of hydrogen-bond acceptors (Lipinski definition) is 5. The highest BCUT2D eigenvalue weighted by Gasteiger charge is 2.45. The van der Waals surface area contributed by atoms with Gasteiger partial charge < -0.3 is 13.9 Å². The molecule has 2 aliphatic heterocycles. The molecule has 0 amide bonds. The lowest BCUT2D eigenvalue weighted by Crippen LogP contribution is -2.45. The number of oxazole rings is 1. The fourth-order valence-corrected chi connectivity index (χ4v) is 5.68. The van der Waals surface area contributed by atoms with Crippen LogP contribution in [0.25, 0.3) is 11.3 Å². The summed E-state index contributed by atoms with van der Waals surface area (Å²) in [5.74, 6) is 3.40. The third-order valence-corrected chi connectivity index (χ3v) is 7.30. The average Bonchev–Trinajstić information content (AvgIpc) is 3.48. The molecular formula is C26H28N2O3. The second-order valence-corrected chi connectivity index (χ2v) is 9.14. The second kappa shape index (κ2) is 7.41. The Morgan fingerprint density at radius 3 is 2.55 bits per heavy atom. The standard InChI is InChI=1S/C26H28N2O3/c1-18-20-13-22-23(30-12-11-29-22)14-21(20)26(9-5-6-10-26)17-28(18)16-25-27-15-24(31-25)19-7-3-2-4-8-19/h2-4,7-8,13-15,18H,5-6,9-12,16-17H2,1H3. The minimum atomic E-state index is 0.187. The van der Waals surface area contributed by atoms with E-state index in [1.165, 1.54) is 36.8 Å². The van der Waals surface area contributed by atoms with Gasteiger partial charge in [-0.25, -0.2) is 4.98 Å². The van der Waals surface area contributed by atoms with Crippen LogP contribution in [0.4, 0.5) is 0 Å². The summed E-state index contributed by atoms with van der Waals surface area (Å²) in [5, 5.41) is 0. The first-order valence-corrected chi connectivity index (χ1v) is 11.4. The SMILES string of the molecule is CC1c2cc3c(cc2C2(CCCC2)CN1Cc1ncc(-c2ccccc2)o1)OCCO3. The van der Waals surface area contributed by atoms with Crippen LogP contribution in [0.3, 0.4) is 0 Å². The fourth-order valence-electron chi connectivity index (χ4n) is 5.68. The van der Waals surface area contributed by atoms with E-state index in [1.807, 2.05) is 24.4 Å². The average molecular weight is 417 g/mol. The zero-order valence-corrected chi connectivity index (χ0v) is 18.0. The molecule has 5 nitrogen and oxygen atoms in total. The van der Waals surface area contributed by atoms with Gasteiger partial charge in [0.15, 0.2) is 17.3 Å². The first-order chi connectivity index (χ1) is 15.2. The lowest BCUT2D eigenvalue weighted by molar-refractivity contribution is 0.115. The summed E-state index contributed by atoms with van der Waals surface area (Å²) in [6.45, 7) is 5.28. The smallest absolute Gasteiger partial charge is 0.209 e. The van der Waals surface area contributed by atoms with Gasteiger partial charge in [0.05, 0.1) is 12.7 Å². The largest absolute Gasteiger partial charge is 0.486 e. The Balaban J connectivity index is 1.34.